The molecule has 0 saturated carbocycles. The van der Waals surface area contributed by atoms with Gasteiger partial charge in [0.2, 0.25) is 0 Å². The van der Waals surface area contributed by atoms with Crippen LogP contribution in [-0.2, 0) is 14.3 Å². The Bertz CT molecular complexity index is 83.8. The summed E-state index contributed by atoms with van der Waals surface area (Å²) in [5.74, 6) is 0. The largest absolute Gasteiger partial charge is 0.396 e. The molecular weight excluding hydrogens is 136 g/mol. The molecule has 0 unspecified atom stereocenters. The fraction of sp³-hybridized carbons (Fsp3) is 0.833. The third kappa shape index (κ3) is 4.43. The SMILES string of the molecule is CO[C@@H](CCO)OCC=O. The second-order valence-corrected chi connectivity index (χ2v) is 1.68. The van der Waals surface area contributed by atoms with Crippen LogP contribution in [0.1, 0.15) is 6.42 Å². The zero-order valence-electron chi connectivity index (χ0n) is 5.95. The van der Waals surface area contributed by atoms with Gasteiger partial charge >= 0.3 is 0 Å². The lowest BCUT2D eigenvalue weighted by atomic mass is 10.4. The second kappa shape index (κ2) is 6.67. The minimum atomic E-state index is -0.463. The third-order valence-electron chi connectivity index (χ3n) is 0.978. The Morgan fingerprint density at radius 3 is 2.80 bits per heavy atom. The number of hydrogen-bond donors (Lipinski definition) is 1. The molecule has 0 bridgehead atoms. The number of methoxy groups -OCH3 is 1. The monoisotopic (exact) mass is 148 g/mol. The number of hydrogen-bond acceptors (Lipinski definition) is 4. The molecular formula is C6H12O4. The van der Waals surface area contributed by atoms with Gasteiger partial charge < -0.3 is 19.4 Å². The number of aldehydes is 1. The highest BCUT2D eigenvalue weighted by atomic mass is 16.7. The molecule has 0 heterocycles. The smallest absolute Gasteiger partial charge is 0.159 e. The molecule has 0 aliphatic rings. The molecule has 0 aliphatic carbocycles. The molecule has 0 fully saturated rings. The van der Waals surface area contributed by atoms with E-state index in [0.717, 1.165) is 0 Å². The van der Waals surface area contributed by atoms with Gasteiger partial charge in [0.15, 0.2) is 6.29 Å². The first-order valence-electron chi connectivity index (χ1n) is 3.04. The second-order valence-electron chi connectivity index (χ2n) is 1.68. The van der Waals surface area contributed by atoms with Crippen molar-refractivity contribution in [3.05, 3.63) is 0 Å². The molecule has 0 aromatic rings. The van der Waals surface area contributed by atoms with Crippen molar-refractivity contribution in [1.29, 1.82) is 0 Å². The Balaban J connectivity index is 3.29. The molecule has 0 amide bonds. The molecule has 0 aliphatic heterocycles. The van der Waals surface area contributed by atoms with E-state index < -0.39 is 6.29 Å². The maximum Gasteiger partial charge on any atom is 0.159 e. The van der Waals surface area contributed by atoms with E-state index in [0.29, 0.717) is 12.7 Å². The van der Waals surface area contributed by atoms with Crippen molar-refractivity contribution in [2.45, 2.75) is 12.7 Å². The average Bonchev–Trinajstić information content (AvgIpc) is 1.98. The lowest BCUT2D eigenvalue weighted by Gasteiger charge is -2.12. The maximum absolute atomic E-state index is 9.79. The van der Waals surface area contributed by atoms with Gasteiger partial charge in [-0.15, -0.1) is 0 Å². The molecule has 60 valence electrons. The molecule has 1 N–H and O–H groups in total. The molecule has 4 nitrogen and oxygen atoms in total. The van der Waals surface area contributed by atoms with Gasteiger partial charge in [0, 0.05) is 20.1 Å². The lowest BCUT2D eigenvalue weighted by Crippen LogP contribution is -2.17. The summed E-state index contributed by atoms with van der Waals surface area (Å²) in [5.41, 5.74) is 0. The van der Waals surface area contributed by atoms with E-state index in [-0.39, 0.29) is 13.2 Å². The molecule has 0 aromatic carbocycles. The summed E-state index contributed by atoms with van der Waals surface area (Å²) in [6.45, 7) is 0.00979. The zero-order valence-corrected chi connectivity index (χ0v) is 5.95. The maximum atomic E-state index is 9.79. The zero-order chi connectivity index (χ0) is 7.82. The summed E-state index contributed by atoms with van der Waals surface area (Å²) in [4.78, 5) is 9.79. The van der Waals surface area contributed by atoms with Crippen LogP contribution in [0.3, 0.4) is 0 Å². The van der Waals surface area contributed by atoms with Crippen molar-refractivity contribution in [2.24, 2.45) is 0 Å². The summed E-state index contributed by atoms with van der Waals surface area (Å²) in [5, 5.41) is 8.42. The van der Waals surface area contributed by atoms with Gasteiger partial charge in [0.05, 0.1) is 0 Å². The molecule has 0 saturated heterocycles. The molecule has 4 heteroatoms. The van der Waals surface area contributed by atoms with Crippen LogP contribution < -0.4 is 0 Å². The van der Waals surface area contributed by atoms with Crippen LogP contribution in [0.25, 0.3) is 0 Å². The molecule has 0 rings (SSSR count). The van der Waals surface area contributed by atoms with Crippen LogP contribution in [0.2, 0.25) is 0 Å². The fourth-order valence-corrected chi connectivity index (χ4v) is 0.521. The van der Waals surface area contributed by atoms with E-state index in [2.05, 4.69) is 0 Å². The van der Waals surface area contributed by atoms with Gasteiger partial charge in [-0.3, -0.25) is 0 Å². The summed E-state index contributed by atoms with van der Waals surface area (Å²) in [6, 6.07) is 0. The topological polar surface area (TPSA) is 55.8 Å². The summed E-state index contributed by atoms with van der Waals surface area (Å²) >= 11 is 0. The van der Waals surface area contributed by atoms with Gasteiger partial charge in [-0.1, -0.05) is 0 Å². The van der Waals surface area contributed by atoms with Crippen LogP contribution in [-0.4, -0.2) is 38.0 Å². The molecule has 0 spiro atoms. The first kappa shape index (κ1) is 9.55. The molecule has 1 atom stereocenters. The minimum Gasteiger partial charge on any atom is -0.396 e. The quantitative estimate of drug-likeness (QED) is 0.409. The van der Waals surface area contributed by atoms with Gasteiger partial charge in [-0.2, -0.15) is 0 Å². The Labute approximate surface area is 59.7 Å². The van der Waals surface area contributed by atoms with Crippen LogP contribution in [0.4, 0.5) is 0 Å². The van der Waals surface area contributed by atoms with E-state index in [1.165, 1.54) is 7.11 Å². The number of ether oxygens (including phenoxy) is 2. The number of aliphatic hydroxyl groups excluding tert-OH is 1. The Morgan fingerprint density at radius 2 is 2.40 bits per heavy atom. The van der Waals surface area contributed by atoms with Crippen molar-refractivity contribution >= 4 is 6.29 Å². The summed E-state index contributed by atoms with van der Waals surface area (Å²) in [6.07, 6.45) is 0.573. The fourth-order valence-electron chi connectivity index (χ4n) is 0.521. The van der Waals surface area contributed by atoms with Crippen LogP contribution in [0, 0.1) is 0 Å². The molecule has 0 radical (unpaired) electrons. The highest BCUT2D eigenvalue weighted by Crippen LogP contribution is 1.96. The van der Waals surface area contributed by atoms with Crippen molar-refractivity contribution in [2.75, 3.05) is 20.3 Å². The molecule has 0 aromatic heterocycles. The lowest BCUT2D eigenvalue weighted by molar-refractivity contribution is -0.142. The van der Waals surface area contributed by atoms with E-state index in [1.807, 2.05) is 0 Å². The highest BCUT2D eigenvalue weighted by molar-refractivity contribution is 5.50. The Hall–Kier alpha value is -0.450. The van der Waals surface area contributed by atoms with Gasteiger partial charge in [0.25, 0.3) is 0 Å². The van der Waals surface area contributed by atoms with E-state index >= 15 is 0 Å². The predicted molar refractivity (Wildman–Crippen MR) is 34.5 cm³/mol. The first-order valence-corrected chi connectivity index (χ1v) is 3.04. The van der Waals surface area contributed by atoms with Crippen molar-refractivity contribution in [3.63, 3.8) is 0 Å². The van der Waals surface area contributed by atoms with Gasteiger partial charge in [0.1, 0.15) is 12.9 Å². The van der Waals surface area contributed by atoms with E-state index in [1.54, 1.807) is 0 Å². The Kier molecular flexibility index (Phi) is 6.37. The average molecular weight is 148 g/mol. The van der Waals surface area contributed by atoms with Crippen molar-refractivity contribution < 1.29 is 19.4 Å². The number of carbonyl (C=O) groups excluding carboxylic acids is 1. The standard InChI is InChI=1S/C6H12O4/c1-9-6(2-3-7)10-5-4-8/h4,6-7H,2-3,5H2,1H3/t6-/m1/s1. The third-order valence-corrected chi connectivity index (χ3v) is 0.978. The Morgan fingerprint density at radius 1 is 1.70 bits per heavy atom. The minimum absolute atomic E-state index is 0.00262. The van der Waals surface area contributed by atoms with Crippen LogP contribution in [0.15, 0.2) is 0 Å². The predicted octanol–water partition coefficient (Wildman–Crippen LogP) is -0.443. The molecule has 10 heavy (non-hydrogen) atoms. The van der Waals surface area contributed by atoms with Gasteiger partial charge in [-0.05, 0) is 0 Å². The van der Waals surface area contributed by atoms with E-state index in [4.69, 9.17) is 14.6 Å². The van der Waals surface area contributed by atoms with Crippen LogP contribution >= 0.6 is 0 Å². The van der Waals surface area contributed by atoms with Crippen molar-refractivity contribution in [3.8, 4) is 0 Å². The summed E-state index contributed by atoms with van der Waals surface area (Å²) < 4.78 is 9.58. The number of aliphatic hydroxyl groups is 1. The highest BCUT2D eigenvalue weighted by Gasteiger charge is 2.04. The van der Waals surface area contributed by atoms with E-state index in [9.17, 15) is 4.79 Å². The first-order chi connectivity index (χ1) is 4.85. The van der Waals surface area contributed by atoms with Gasteiger partial charge in [-0.25, -0.2) is 0 Å². The number of carbonyl (C=O) groups is 1. The van der Waals surface area contributed by atoms with Crippen molar-refractivity contribution in [1.82, 2.24) is 0 Å². The number of rotatable bonds is 6. The normalized spacial score (nSPS) is 13.0. The van der Waals surface area contributed by atoms with Crippen LogP contribution in [0.5, 0.6) is 0 Å². The summed E-state index contributed by atoms with van der Waals surface area (Å²) in [7, 11) is 1.46.